The van der Waals surface area contributed by atoms with Gasteiger partial charge in [-0.1, -0.05) is 29.8 Å². The van der Waals surface area contributed by atoms with Gasteiger partial charge in [0.25, 0.3) is 5.91 Å². The van der Waals surface area contributed by atoms with E-state index in [-0.39, 0.29) is 11.8 Å². The van der Waals surface area contributed by atoms with Gasteiger partial charge < -0.3 is 15.0 Å². The summed E-state index contributed by atoms with van der Waals surface area (Å²) in [6.45, 7) is 2.76. The molecule has 0 aliphatic rings. The summed E-state index contributed by atoms with van der Waals surface area (Å²) in [5.74, 6) is 0.510. The zero-order valence-electron chi connectivity index (χ0n) is 14.3. The van der Waals surface area contributed by atoms with Gasteiger partial charge in [0.2, 0.25) is 5.91 Å². The van der Waals surface area contributed by atoms with Crippen molar-refractivity contribution in [2.45, 2.75) is 13.5 Å². The maximum atomic E-state index is 12.4. The van der Waals surface area contributed by atoms with Crippen molar-refractivity contribution in [3.8, 4) is 5.75 Å². The highest BCUT2D eigenvalue weighted by Gasteiger charge is 2.11. The maximum absolute atomic E-state index is 12.4. The molecule has 0 atom stereocenters. The molecular formula is C19H21ClN2O3. The molecule has 5 nitrogen and oxygen atoms in total. The lowest BCUT2D eigenvalue weighted by molar-refractivity contribution is -0.119. The second-order valence-corrected chi connectivity index (χ2v) is 6.08. The molecule has 0 radical (unpaired) electrons. The van der Waals surface area contributed by atoms with E-state index in [0.717, 1.165) is 5.56 Å². The highest BCUT2D eigenvalue weighted by molar-refractivity contribution is 6.30. The lowest BCUT2D eigenvalue weighted by atomic mass is 10.1. The Morgan fingerprint density at radius 1 is 1.16 bits per heavy atom. The number of likely N-dealkylation sites (N-methyl/N-ethyl adjacent to an activating group) is 1. The van der Waals surface area contributed by atoms with Gasteiger partial charge in [-0.3, -0.25) is 9.59 Å². The number of hydrogen-bond donors (Lipinski definition) is 1. The molecule has 0 spiro atoms. The number of carbonyl (C=O) groups excluding carboxylic acids is 2. The van der Waals surface area contributed by atoms with Gasteiger partial charge in [0.1, 0.15) is 12.4 Å². The summed E-state index contributed by atoms with van der Waals surface area (Å²) in [7, 11) is 1.73. The van der Waals surface area contributed by atoms with Gasteiger partial charge in [-0.15, -0.1) is 0 Å². The highest BCUT2D eigenvalue weighted by atomic mass is 35.5. The molecule has 6 heteroatoms. The summed E-state index contributed by atoms with van der Waals surface area (Å²) in [6, 6.07) is 14.3. The van der Waals surface area contributed by atoms with E-state index in [9.17, 15) is 9.59 Å². The van der Waals surface area contributed by atoms with Gasteiger partial charge in [-0.25, -0.2) is 0 Å². The first kappa shape index (κ1) is 18.8. The van der Waals surface area contributed by atoms with E-state index in [1.54, 1.807) is 36.2 Å². The van der Waals surface area contributed by atoms with Crippen molar-refractivity contribution in [1.82, 2.24) is 10.2 Å². The average Bonchev–Trinajstić information content (AvgIpc) is 2.59. The van der Waals surface area contributed by atoms with E-state index in [2.05, 4.69) is 5.32 Å². The van der Waals surface area contributed by atoms with E-state index >= 15 is 0 Å². The first-order valence-corrected chi connectivity index (χ1v) is 8.30. The fraction of sp³-hybridized carbons (Fsp3) is 0.263. The predicted molar refractivity (Wildman–Crippen MR) is 97.9 cm³/mol. The minimum atomic E-state index is -0.0837. The van der Waals surface area contributed by atoms with Crippen molar-refractivity contribution in [3.05, 3.63) is 64.7 Å². The third-order valence-corrected chi connectivity index (χ3v) is 3.82. The van der Waals surface area contributed by atoms with E-state index in [4.69, 9.17) is 16.3 Å². The number of carbonyl (C=O) groups is 2. The lowest BCUT2D eigenvalue weighted by Gasteiger charge is -2.18. The Labute approximate surface area is 152 Å². The molecule has 0 unspecified atom stereocenters. The Morgan fingerprint density at radius 2 is 1.88 bits per heavy atom. The number of nitrogens with one attached hydrogen (secondary N) is 1. The van der Waals surface area contributed by atoms with Gasteiger partial charge >= 0.3 is 0 Å². The van der Waals surface area contributed by atoms with Gasteiger partial charge in [0, 0.05) is 31.1 Å². The molecule has 0 fully saturated rings. The normalized spacial score (nSPS) is 10.2. The Kier molecular flexibility index (Phi) is 6.83. The number of benzene rings is 2. The quantitative estimate of drug-likeness (QED) is 0.825. The molecule has 2 aromatic rings. The zero-order valence-corrected chi connectivity index (χ0v) is 15.0. The van der Waals surface area contributed by atoms with Crippen LogP contribution >= 0.6 is 11.6 Å². The molecular weight excluding hydrogens is 340 g/mol. The third-order valence-electron chi connectivity index (χ3n) is 3.58. The van der Waals surface area contributed by atoms with Crippen LogP contribution in [-0.4, -0.2) is 36.9 Å². The van der Waals surface area contributed by atoms with E-state index < -0.39 is 0 Å². The van der Waals surface area contributed by atoms with Crippen LogP contribution in [0.1, 0.15) is 22.8 Å². The number of nitrogens with zero attached hydrogens (tertiary/aromatic N) is 1. The van der Waals surface area contributed by atoms with Gasteiger partial charge in [0.15, 0.2) is 0 Å². The Morgan fingerprint density at radius 3 is 2.52 bits per heavy atom. The fourth-order valence-corrected chi connectivity index (χ4v) is 2.35. The summed E-state index contributed by atoms with van der Waals surface area (Å²) in [5, 5.41) is 3.33. The van der Waals surface area contributed by atoms with Crippen molar-refractivity contribution in [3.63, 3.8) is 0 Å². The topological polar surface area (TPSA) is 58.6 Å². The van der Waals surface area contributed by atoms with E-state index in [0.29, 0.717) is 36.0 Å². The Balaban J connectivity index is 1.83. The molecule has 2 amide bonds. The number of ether oxygens (including phenoxy) is 1. The van der Waals surface area contributed by atoms with Crippen molar-refractivity contribution in [2.75, 3.05) is 20.2 Å². The summed E-state index contributed by atoms with van der Waals surface area (Å²) >= 11 is 5.90. The SMILES string of the molecule is CC(=O)NCc1ccc(C(=O)N(C)CCOc2cccc(Cl)c2)cc1. The molecule has 0 aliphatic heterocycles. The third kappa shape index (κ3) is 6.12. The van der Waals surface area contributed by atoms with Gasteiger partial charge in [-0.05, 0) is 35.9 Å². The first-order chi connectivity index (χ1) is 12.0. The molecule has 0 saturated carbocycles. The van der Waals surface area contributed by atoms with Crippen LogP contribution in [0.25, 0.3) is 0 Å². The monoisotopic (exact) mass is 360 g/mol. The molecule has 0 bridgehead atoms. The van der Waals surface area contributed by atoms with Crippen LogP contribution in [-0.2, 0) is 11.3 Å². The first-order valence-electron chi connectivity index (χ1n) is 7.93. The second kappa shape index (κ2) is 9.08. The summed E-state index contributed by atoms with van der Waals surface area (Å²) in [5.41, 5.74) is 1.54. The Hall–Kier alpha value is -2.53. The van der Waals surface area contributed by atoms with Crippen molar-refractivity contribution >= 4 is 23.4 Å². The van der Waals surface area contributed by atoms with Crippen LogP contribution in [0.2, 0.25) is 5.02 Å². The smallest absolute Gasteiger partial charge is 0.253 e. The number of halogens is 1. The van der Waals surface area contributed by atoms with Crippen LogP contribution in [0.3, 0.4) is 0 Å². The van der Waals surface area contributed by atoms with E-state index in [1.807, 2.05) is 24.3 Å². The van der Waals surface area contributed by atoms with Crippen LogP contribution in [0.4, 0.5) is 0 Å². The minimum Gasteiger partial charge on any atom is -0.492 e. The molecule has 25 heavy (non-hydrogen) atoms. The molecule has 2 aromatic carbocycles. The fourth-order valence-electron chi connectivity index (χ4n) is 2.17. The van der Waals surface area contributed by atoms with E-state index in [1.165, 1.54) is 6.92 Å². The number of rotatable bonds is 7. The van der Waals surface area contributed by atoms with Crippen molar-refractivity contribution < 1.29 is 14.3 Å². The van der Waals surface area contributed by atoms with Crippen molar-refractivity contribution in [2.24, 2.45) is 0 Å². The van der Waals surface area contributed by atoms with Gasteiger partial charge in [-0.2, -0.15) is 0 Å². The largest absolute Gasteiger partial charge is 0.492 e. The van der Waals surface area contributed by atoms with Crippen molar-refractivity contribution in [1.29, 1.82) is 0 Å². The maximum Gasteiger partial charge on any atom is 0.253 e. The molecule has 0 aromatic heterocycles. The molecule has 2 rings (SSSR count). The lowest BCUT2D eigenvalue weighted by Crippen LogP contribution is -2.30. The highest BCUT2D eigenvalue weighted by Crippen LogP contribution is 2.17. The van der Waals surface area contributed by atoms with Crippen LogP contribution < -0.4 is 10.1 Å². The number of hydrogen-bond acceptors (Lipinski definition) is 3. The summed E-state index contributed by atoms with van der Waals surface area (Å²) in [6.07, 6.45) is 0. The zero-order chi connectivity index (χ0) is 18.2. The molecule has 0 aliphatic carbocycles. The van der Waals surface area contributed by atoms with Crippen LogP contribution in [0.5, 0.6) is 5.75 Å². The summed E-state index contributed by atoms with van der Waals surface area (Å²) < 4.78 is 5.60. The van der Waals surface area contributed by atoms with Gasteiger partial charge in [0.05, 0.1) is 6.54 Å². The standard InChI is InChI=1S/C19H21ClN2O3/c1-14(23)21-13-15-6-8-16(9-7-15)19(24)22(2)10-11-25-18-5-3-4-17(20)12-18/h3-9,12H,10-11,13H2,1-2H3,(H,21,23). The molecule has 132 valence electrons. The molecule has 1 N–H and O–H groups in total. The summed E-state index contributed by atoms with van der Waals surface area (Å²) in [4.78, 5) is 24.9. The minimum absolute atomic E-state index is 0.0826. The predicted octanol–water partition coefficient (Wildman–Crippen LogP) is 3.13. The van der Waals surface area contributed by atoms with Crippen LogP contribution in [0, 0.1) is 0 Å². The second-order valence-electron chi connectivity index (χ2n) is 5.64. The molecule has 0 saturated heterocycles. The van der Waals surface area contributed by atoms with Crippen LogP contribution in [0.15, 0.2) is 48.5 Å². The average molecular weight is 361 g/mol. The number of amides is 2. The molecule has 0 heterocycles. The Bertz CT molecular complexity index is 732.